The Kier molecular flexibility index (Phi) is 5.24. The van der Waals surface area contributed by atoms with E-state index in [2.05, 4.69) is 0 Å². The Hall–Kier alpha value is -1.10. The van der Waals surface area contributed by atoms with Crippen molar-refractivity contribution in [3.8, 4) is 0 Å². The van der Waals surface area contributed by atoms with Crippen LogP contribution in [0, 0.1) is 0 Å². The molecule has 0 radical (unpaired) electrons. The summed E-state index contributed by atoms with van der Waals surface area (Å²) in [4.78, 5) is 0.414. The lowest BCUT2D eigenvalue weighted by Gasteiger charge is -2.29. The lowest BCUT2D eigenvalue weighted by Crippen LogP contribution is -2.40. The van der Waals surface area contributed by atoms with Crippen molar-refractivity contribution in [2.75, 3.05) is 12.4 Å². The third-order valence-corrected chi connectivity index (χ3v) is 6.83. The van der Waals surface area contributed by atoms with E-state index in [1.807, 2.05) is 36.4 Å². The highest BCUT2D eigenvalue weighted by molar-refractivity contribution is 7.89. The molecule has 1 unspecified atom stereocenters. The van der Waals surface area contributed by atoms with Crippen molar-refractivity contribution < 1.29 is 8.42 Å². The highest BCUT2D eigenvalue weighted by Crippen LogP contribution is 2.30. The fourth-order valence-electron chi connectivity index (χ4n) is 3.43. The fraction of sp³-hybridized carbons (Fsp3) is 0.444. The summed E-state index contributed by atoms with van der Waals surface area (Å²) >= 11 is 5.92. The van der Waals surface area contributed by atoms with Crippen LogP contribution in [0.2, 0.25) is 0 Å². The summed E-state index contributed by atoms with van der Waals surface area (Å²) < 4.78 is 28.3. The number of nitrogens with zero attached hydrogens (tertiary/aromatic N) is 1. The van der Waals surface area contributed by atoms with E-state index in [1.165, 1.54) is 0 Å². The van der Waals surface area contributed by atoms with E-state index in [0.717, 1.165) is 36.5 Å². The minimum absolute atomic E-state index is 0.0129. The average molecular weight is 352 g/mol. The van der Waals surface area contributed by atoms with Crippen LogP contribution in [-0.4, -0.2) is 31.2 Å². The van der Waals surface area contributed by atoms with Gasteiger partial charge in [0.1, 0.15) is 0 Å². The van der Waals surface area contributed by atoms with E-state index in [4.69, 9.17) is 11.6 Å². The fourth-order valence-corrected chi connectivity index (χ4v) is 5.62. The number of benzene rings is 2. The first-order chi connectivity index (χ1) is 11.1. The van der Waals surface area contributed by atoms with Crippen molar-refractivity contribution in [3.05, 3.63) is 42.5 Å². The molecule has 0 N–H and O–H groups in total. The summed E-state index contributed by atoms with van der Waals surface area (Å²) in [6.07, 6.45) is 4.69. The van der Waals surface area contributed by atoms with Gasteiger partial charge in [-0.05, 0) is 30.7 Å². The molecule has 0 bridgehead atoms. The molecular formula is C18H22ClNO2S. The number of hydrogen-bond acceptors (Lipinski definition) is 2. The summed E-state index contributed by atoms with van der Waals surface area (Å²) in [7, 11) is -3.51. The van der Waals surface area contributed by atoms with Crippen LogP contribution >= 0.6 is 11.6 Å². The monoisotopic (exact) mass is 351 g/mol. The van der Waals surface area contributed by atoms with Crippen LogP contribution in [-0.2, 0) is 10.0 Å². The Morgan fingerprint density at radius 1 is 1.04 bits per heavy atom. The minimum Gasteiger partial charge on any atom is -0.207 e. The Labute approximate surface area is 143 Å². The molecule has 1 atom stereocenters. The zero-order valence-corrected chi connectivity index (χ0v) is 14.7. The number of alkyl halides is 1. The summed E-state index contributed by atoms with van der Waals surface area (Å²) in [5.41, 5.74) is 0. The van der Waals surface area contributed by atoms with E-state index in [9.17, 15) is 8.42 Å². The second kappa shape index (κ2) is 7.20. The van der Waals surface area contributed by atoms with Gasteiger partial charge in [-0.3, -0.25) is 0 Å². The Morgan fingerprint density at radius 2 is 1.83 bits per heavy atom. The first kappa shape index (κ1) is 16.7. The second-order valence-corrected chi connectivity index (χ2v) is 8.31. The molecule has 0 amide bonds. The third kappa shape index (κ3) is 3.39. The van der Waals surface area contributed by atoms with Crippen LogP contribution in [0.25, 0.3) is 10.8 Å². The van der Waals surface area contributed by atoms with Gasteiger partial charge in [-0.1, -0.05) is 49.2 Å². The first-order valence-corrected chi connectivity index (χ1v) is 10.2. The SMILES string of the molecule is O=S(=O)(c1cccc2ccccc12)N1CCCCCC1CCCl. The summed E-state index contributed by atoms with van der Waals surface area (Å²) in [6, 6.07) is 13.2. The molecule has 1 heterocycles. The molecule has 1 aliphatic rings. The molecule has 23 heavy (non-hydrogen) atoms. The predicted molar refractivity (Wildman–Crippen MR) is 95.4 cm³/mol. The van der Waals surface area contributed by atoms with Gasteiger partial charge in [0.15, 0.2) is 0 Å². The second-order valence-electron chi connectivity index (χ2n) is 6.07. The van der Waals surface area contributed by atoms with Crippen molar-refractivity contribution in [3.63, 3.8) is 0 Å². The molecule has 3 nitrogen and oxygen atoms in total. The number of sulfonamides is 1. The molecule has 0 spiro atoms. The van der Waals surface area contributed by atoms with Gasteiger partial charge >= 0.3 is 0 Å². The highest BCUT2D eigenvalue weighted by atomic mass is 35.5. The largest absolute Gasteiger partial charge is 0.243 e. The number of hydrogen-bond donors (Lipinski definition) is 0. The van der Waals surface area contributed by atoms with E-state index < -0.39 is 10.0 Å². The Morgan fingerprint density at radius 3 is 2.65 bits per heavy atom. The maximum absolute atomic E-state index is 13.3. The van der Waals surface area contributed by atoms with Crippen LogP contribution in [0.3, 0.4) is 0 Å². The topological polar surface area (TPSA) is 37.4 Å². The van der Waals surface area contributed by atoms with Crippen LogP contribution < -0.4 is 0 Å². The Balaban J connectivity index is 2.07. The van der Waals surface area contributed by atoms with Gasteiger partial charge in [0, 0.05) is 23.9 Å². The van der Waals surface area contributed by atoms with Crippen molar-refractivity contribution in [2.45, 2.75) is 43.0 Å². The van der Waals surface area contributed by atoms with Crippen LogP contribution in [0.1, 0.15) is 32.1 Å². The molecule has 3 rings (SSSR count). The predicted octanol–water partition coefficient (Wildman–Crippen LogP) is 4.40. The normalized spacial score (nSPS) is 20.5. The van der Waals surface area contributed by atoms with Crippen LogP contribution in [0.5, 0.6) is 0 Å². The summed E-state index contributed by atoms with van der Waals surface area (Å²) in [5, 5.41) is 1.75. The van der Waals surface area contributed by atoms with Gasteiger partial charge in [-0.2, -0.15) is 4.31 Å². The summed E-state index contributed by atoms with van der Waals surface area (Å²) in [5.74, 6) is 0.492. The van der Waals surface area contributed by atoms with Crippen LogP contribution in [0.4, 0.5) is 0 Å². The zero-order valence-electron chi connectivity index (χ0n) is 13.1. The molecule has 5 heteroatoms. The summed E-state index contributed by atoms with van der Waals surface area (Å²) in [6.45, 7) is 0.590. The van der Waals surface area contributed by atoms with Gasteiger partial charge < -0.3 is 0 Å². The van der Waals surface area contributed by atoms with Gasteiger partial charge in [-0.25, -0.2) is 8.42 Å². The zero-order chi connectivity index (χ0) is 16.3. The molecule has 0 aliphatic carbocycles. The van der Waals surface area contributed by atoms with Gasteiger partial charge in [-0.15, -0.1) is 11.6 Å². The van der Waals surface area contributed by atoms with Crippen LogP contribution in [0.15, 0.2) is 47.4 Å². The minimum atomic E-state index is -3.51. The number of fused-ring (bicyclic) bond motifs is 1. The Bertz CT molecular complexity index is 770. The number of halogens is 1. The molecule has 2 aromatic carbocycles. The first-order valence-electron chi connectivity index (χ1n) is 8.20. The van der Waals surface area contributed by atoms with E-state index >= 15 is 0 Å². The standard InChI is InChI=1S/C18H22ClNO2S/c19-13-12-16-9-2-1-5-14-20(16)23(21,22)18-11-6-8-15-7-3-4-10-17(15)18/h3-4,6-8,10-11,16H,1-2,5,9,12-14H2. The molecule has 2 aromatic rings. The number of rotatable bonds is 4. The molecule has 1 fully saturated rings. The van der Waals surface area contributed by atoms with Crippen molar-refractivity contribution in [1.29, 1.82) is 0 Å². The van der Waals surface area contributed by atoms with Gasteiger partial charge in [0.2, 0.25) is 10.0 Å². The molecule has 0 saturated carbocycles. The molecule has 0 aromatic heterocycles. The smallest absolute Gasteiger partial charge is 0.207 e. The lowest BCUT2D eigenvalue weighted by molar-refractivity contribution is 0.316. The molecule has 1 saturated heterocycles. The maximum atomic E-state index is 13.3. The quantitative estimate of drug-likeness (QED) is 0.765. The third-order valence-electron chi connectivity index (χ3n) is 4.60. The molecule has 124 valence electrons. The van der Waals surface area contributed by atoms with Gasteiger partial charge in [0.25, 0.3) is 0 Å². The van der Waals surface area contributed by atoms with E-state index in [0.29, 0.717) is 23.7 Å². The highest BCUT2D eigenvalue weighted by Gasteiger charge is 2.32. The van der Waals surface area contributed by atoms with E-state index in [1.54, 1.807) is 10.4 Å². The molecular weight excluding hydrogens is 330 g/mol. The van der Waals surface area contributed by atoms with Crippen molar-refractivity contribution in [2.24, 2.45) is 0 Å². The van der Waals surface area contributed by atoms with E-state index in [-0.39, 0.29) is 6.04 Å². The van der Waals surface area contributed by atoms with Crippen molar-refractivity contribution in [1.82, 2.24) is 4.31 Å². The average Bonchev–Trinajstić information content (AvgIpc) is 2.80. The maximum Gasteiger partial charge on any atom is 0.243 e. The van der Waals surface area contributed by atoms with Gasteiger partial charge in [0.05, 0.1) is 4.90 Å². The van der Waals surface area contributed by atoms with Crippen molar-refractivity contribution >= 4 is 32.4 Å². The molecule has 1 aliphatic heterocycles. The lowest BCUT2D eigenvalue weighted by atomic mass is 10.1.